The predicted molar refractivity (Wildman–Crippen MR) is 47.8 cm³/mol. The summed E-state index contributed by atoms with van der Waals surface area (Å²) >= 11 is 0. The third kappa shape index (κ3) is 3.92. The Morgan fingerprint density at radius 1 is 1.10 bits per heavy atom. The highest BCUT2D eigenvalue weighted by atomic mass is 14.4. The Hall–Kier alpha value is 0. The molecule has 0 aromatic carbocycles. The highest BCUT2D eigenvalue weighted by Crippen LogP contribution is 2.42. The molecule has 1 radical (unpaired) electrons. The van der Waals surface area contributed by atoms with Crippen LogP contribution >= 0.6 is 0 Å². The Morgan fingerprint density at radius 3 is 1.50 bits per heavy atom. The van der Waals surface area contributed by atoms with Crippen molar-refractivity contribution in [3.8, 4) is 0 Å². The van der Waals surface area contributed by atoms with E-state index in [1.807, 2.05) is 6.92 Å². The molecule has 0 amide bonds. The largest absolute Gasteiger partial charge is 0.0654 e. The summed E-state index contributed by atoms with van der Waals surface area (Å²) in [7, 11) is 0. The van der Waals surface area contributed by atoms with E-state index in [4.69, 9.17) is 0 Å². The first-order valence-corrected chi connectivity index (χ1v) is 4.59. The van der Waals surface area contributed by atoms with Gasteiger partial charge in [0, 0.05) is 0 Å². The zero-order valence-corrected chi connectivity index (χ0v) is 7.69. The van der Waals surface area contributed by atoms with Crippen LogP contribution in [0.2, 0.25) is 0 Å². The molecule has 0 heteroatoms. The topological polar surface area (TPSA) is 0 Å². The van der Waals surface area contributed by atoms with Crippen LogP contribution in [0, 0.1) is 18.8 Å². The van der Waals surface area contributed by atoms with Crippen LogP contribution in [0.3, 0.4) is 0 Å². The summed E-state index contributed by atoms with van der Waals surface area (Å²) in [4.78, 5) is 0. The predicted octanol–water partition coefficient (Wildman–Crippen LogP) is 3.67. The molecule has 10 heavy (non-hydrogen) atoms. The van der Waals surface area contributed by atoms with Crippen LogP contribution in [0.1, 0.15) is 46.5 Å². The van der Waals surface area contributed by atoms with Gasteiger partial charge in [0.2, 0.25) is 0 Å². The first-order chi connectivity index (χ1) is 4.79. The molecule has 0 aromatic heterocycles. The van der Waals surface area contributed by atoms with Crippen molar-refractivity contribution in [3.05, 3.63) is 6.92 Å². The number of hydrogen-bond acceptors (Lipinski definition) is 0. The van der Waals surface area contributed by atoms with Crippen molar-refractivity contribution in [2.75, 3.05) is 0 Å². The smallest absolute Gasteiger partial charge is 0.0386 e. The van der Waals surface area contributed by atoms with Gasteiger partial charge in [-0.05, 0) is 18.3 Å². The fraction of sp³-hybridized carbons (Fsp3) is 0.900. The van der Waals surface area contributed by atoms with Gasteiger partial charge in [-0.25, -0.2) is 0 Å². The van der Waals surface area contributed by atoms with Gasteiger partial charge in [-0.3, -0.25) is 0 Å². The van der Waals surface area contributed by atoms with Crippen LogP contribution in [0.15, 0.2) is 0 Å². The average Bonchev–Trinajstić information content (AvgIpc) is 2.67. The highest BCUT2D eigenvalue weighted by molar-refractivity contribution is 4.83. The molecule has 2 unspecified atom stereocenters. The van der Waals surface area contributed by atoms with Crippen molar-refractivity contribution in [1.29, 1.82) is 0 Å². The fourth-order valence-electron chi connectivity index (χ4n) is 1.31. The van der Waals surface area contributed by atoms with E-state index in [1.54, 1.807) is 0 Å². The Balaban J connectivity index is 0.000000236. The SMILES string of the molecule is CCC1CC1CC.[CH2]CC. The molecule has 1 aliphatic rings. The minimum Gasteiger partial charge on any atom is -0.0654 e. The molecule has 61 valence electrons. The van der Waals surface area contributed by atoms with E-state index in [0.29, 0.717) is 0 Å². The maximum Gasteiger partial charge on any atom is -0.0386 e. The molecule has 0 N–H and O–H groups in total. The van der Waals surface area contributed by atoms with E-state index in [0.717, 1.165) is 18.3 Å². The monoisotopic (exact) mass is 141 g/mol. The second-order valence-electron chi connectivity index (χ2n) is 3.07. The maximum absolute atomic E-state index is 3.49. The van der Waals surface area contributed by atoms with Crippen molar-refractivity contribution in [2.45, 2.75) is 46.5 Å². The first kappa shape index (κ1) is 10.0. The summed E-state index contributed by atoms with van der Waals surface area (Å²) in [6.45, 7) is 10.1. The molecule has 0 heterocycles. The summed E-state index contributed by atoms with van der Waals surface area (Å²) in [6, 6.07) is 0. The maximum atomic E-state index is 3.49. The fourth-order valence-corrected chi connectivity index (χ4v) is 1.31. The summed E-state index contributed by atoms with van der Waals surface area (Å²) in [6.07, 6.45) is 5.35. The van der Waals surface area contributed by atoms with Crippen LogP contribution in [0.5, 0.6) is 0 Å². The van der Waals surface area contributed by atoms with Crippen LogP contribution in [-0.4, -0.2) is 0 Å². The molecule has 0 aliphatic heterocycles. The molecule has 0 aromatic rings. The van der Waals surface area contributed by atoms with Crippen LogP contribution < -0.4 is 0 Å². The van der Waals surface area contributed by atoms with Gasteiger partial charge in [-0.1, -0.05) is 47.0 Å². The third-order valence-electron chi connectivity index (χ3n) is 2.12. The second-order valence-corrected chi connectivity index (χ2v) is 3.07. The summed E-state index contributed by atoms with van der Waals surface area (Å²) in [5.74, 6) is 2.23. The zero-order chi connectivity index (χ0) is 7.98. The molecular formula is C10H21. The van der Waals surface area contributed by atoms with Gasteiger partial charge in [0.15, 0.2) is 0 Å². The third-order valence-corrected chi connectivity index (χ3v) is 2.12. The van der Waals surface area contributed by atoms with Gasteiger partial charge in [0.05, 0.1) is 0 Å². The molecule has 1 saturated carbocycles. The molecule has 1 rings (SSSR count). The minimum absolute atomic E-state index is 1.00. The average molecular weight is 141 g/mol. The Morgan fingerprint density at radius 2 is 1.40 bits per heavy atom. The van der Waals surface area contributed by atoms with Gasteiger partial charge in [0.25, 0.3) is 0 Å². The van der Waals surface area contributed by atoms with Crippen molar-refractivity contribution >= 4 is 0 Å². The Bertz CT molecular complexity index is 58.4. The highest BCUT2D eigenvalue weighted by Gasteiger charge is 2.32. The number of hydrogen-bond donors (Lipinski definition) is 0. The lowest BCUT2D eigenvalue weighted by atomic mass is 10.2. The molecule has 0 saturated heterocycles. The van der Waals surface area contributed by atoms with E-state index in [-0.39, 0.29) is 0 Å². The van der Waals surface area contributed by atoms with E-state index >= 15 is 0 Å². The Labute approximate surface area is 66.0 Å². The van der Waals surface area contributed by atoms with Crippen LogP contribution in [0.25, 0.3) is 0 Å². The lowest BCUT2D eigenvalue weighted by molar-refractivity contribution is 0.663. The molecule has 2 atom stereocenters. The molecule has 1 aliphatic carbocycles. The summed E-state index contributed by atoms with van der Waals surface area (Å²) < 4.78 is 0. The second kappa shape index (κ2) is 5.76. The van der Waals surface area contributed by atoms with Crippen molar-refractivity contribution in [2.24, 2.45) is 11.8 Å². The van der Waals surface area contributed by atoms with Gasteiger partial charge >= 0.3 is 0 Å². The van der Waals surface area contributed by atoms with E-state index in [2.05, 4.69) is 20.8 Å². The minimum atomic E-state index is 1.00. The van der Waals surface area contributed by atoms with Crippen molar-refractivity contribution < 1.29 is 0 Å². The Kier molecular flexibility index (Phi) is 5.76. The quantitative estimate of drug-likeness (QED) is 0.550. The molecule has 0 bridgehead atoms. The summed E-state index contributed by atoms with van der Waals surface area (Å²) in [5.41, 5.74) is 0. The van der Waals surface area contributed by atoms with Crippen LogP contribution in [-0.2, 0) is 0 Å². The van der Waals surface area contributed by atoms with Gasteiger partial charge in [-0.15, -0.1) is 0 Å². The molecule has 0 nitrogen and oxygen atoms in total. The van der Waals surface area contributed by atoms with Gasteiger partial charge in [-0.2, -0.15) is 0 Å². The molecule has 0 spiro atoms. The molecular weight excluding hydrogens is 120 g/mol. The van der Waals surface area contributed by atoms with E-state index in [9.17, 15) is 0 Å². The zero-order valence-electron chi connectivity index (χ0n) is 7.69. The standard InChI is InChI=1S/C7H14.C3H7/c1-3-6-5-7(6)4-2;1-3-2/h6-7H,3-5H2,1-2H3;1,3H2,2H3. The van der Waals surface area contributed by atoms with E-state index < -0.39 is 0 Å². The van der Waals surface area contributed by atoms with Gasteiger partial charge in [0.1, 0.15) is 0 Å². The summed E-state index contributed by atoms with van der Waals surface area (Å²) in [5, 5.41) is 0. The normalized spacial score (nSPS) is 28.8. The molecule has 1 fully saturated rings. The van der Waals surface area contributed by atoms with Crippen molar-refractivity contribution in [3.63, 3.8) is 0 Å². The number of rotatable bonds is 2. The van der Waals surface area contributed by atoms with Gasteiger partial charge < -0.3 is 0 Å². The van der Waals surface area contributed by atoms with Crippen LogP contribution in [0.4, 0.5) is 0 Å². The lowest BCUT2D eigenvalue weighted by Crippen LogP contribution is -1.74. The van der Waals surface area contributed by atoms with E-state index in [1.165, 1.54) is 19.3 Å². The van der Waals surface area contributed by atoms with Crippen molar-refractivity contribution in [1.82, 2.24) is 0 Å². The first-order valence-electron chi connectivity index (χ1n) is 4.59. The lowest BCUT2D eigenvalue weighted by Gasteiger charge is -1.85.